The SMILES string of the molecule is O=C(Nc1ccc2c(c1)CCC2)[C@@H]1C[C@H](C(=O)NC2CC2)CN(Cc2ccccc2)C1. The summed E-state index contributed by atoms with van der Waals surface area (Å²) in [5.74, 6) is -0.204. The van der Waals surface area contributed by atoms with E-state index in [1.165, 1.54) is 23.1 Å². The van der Waals surface area contributed by atoms with Crippen molar-refractivity contribution in [3.05, 3.63) is 65.2 Å². The molecule has 2 aromatic rings. The second-order valence-corrected chi connectivity index (χ2v) is 9.42. The van der Waals surface area contributed by atoms with Gasteiger partial charge in [-0.2, -0.15) is 0 Å². The van der Waals surface area contributed by atoms with Crippen LogP contribution in [0.2, 0.25) is 0 Å². The molecule has 0 unspecified atom stereocenters. The van der Waals surface area contributed by atoms with Crippen LogP contribution in [0.15, 0.2) is 48.5 Å². The summed E-state index contributed by atoms with van der Waals surface area (Å²) in [7, 11) is 0. The number of carbonyl (C=O) groups excluding carboxylic acids is 2. The smallest absolute Gasteiger partial charge is 0.228 e. The second kappa shape index (κ2) is 8.83. The normalized spacial score (nSPS) is 23.2. The number of anilines is 1. The molecular weight excluding hydrogens is 386 g/mol. The van der Waals surface area contributed by atoms with Crippen LogP contribution < -0.4 is 10.6 Å². The summed E-state index contributed by atoms with van der Waals surface area (Å²) in [4.78, 5) is 28.3. The van der Waals surface area contributed by atoms with Gasteiger partial charge in [0.25, 0.3) is 0 Å². The van der Waals surface area contributed by atoms with E-state index in [1.54, 1.807) is 0 Å². The van der Waals surface area contributed by atoms with Crippen LogP contribution in [-0.4, -0.2) is 35.8 Å². The Balaban J connectivity index is 1.29. The molecule has 1 heterocycles. The topological polar surface area (TPSA) is 61.4 Å². The van der Waals surface area contributed by atoms with Crippen molar-refractivity contribution in [2.45, 2.75) is 51.1 Å². The van der Waals surface area contributed by atoms with Crippen molar-refractivity contribution in [3.8, 4) is 0 Å². The van der Waals surface area contributed by atoms with E-state index in [2.05, 4.69) is 39.8 Å². The number of nitrogens with one attached hydrogen (secondary N) is 2. The Morgan fingerprint density at radius 2 is 1.65 bits per heavy atom. The summed E-state index contributed by atoms with van der Waals surface area (Å²) in [6.45, 7) is 2.14. The summed E-state index contributed by atoms with van der Waals surface area (Å²) in [6.07, 6.45) is 6.19. The first-order valence-electron chi connectivity index (χ1n) is 11.6. The third kappa shape index (κ3) is 4.99. The van der Waals surface area contributed by atoms with Gasteiger partial charge in [0.2, 0.25) is 11.8 Å². The number of nitrogens with zero attached hydrogens (tertiary/aromatic N) is 1. The van der Waals surface area contributed by atoms with Crippen molar-refractivity contribution in [1.82, 2.24) is 10.2 Å². The Bertz CT molecular complexity index is 954. The summed E-state index contributed by atoms with van der Waals surface area (Å²) in [5.41, 5.74) is 4.85. The molecule has 2 atom stereocenters. The Morgan fingerprint density at radius 3 is 2.42 bits per heavy atom. The number of likely N-dealkylation sites (tertiary alicyclic amines) is 1. The molecule has 5 rings (SSSR count). The molecule has 31 heavy (non-hydrogen) atoms. The minimum Gasteiger partial charge on any atom is -0.353 e. The predicted octanol–water partition coefficient (Wildman–Crippen LogP) is 3.53. The molecule has 2 amide bonds. The van der Waals surface area contributed by atoms with Crippen molar-refractivity contribution in [1.29, 1.82) is 0 Å². The molecule has 1 saturated heterocycles. The van der Waals surface area contributed by atoms with Gasteiger partial charge in [-0.15, -0.1) is 0 Å². The van der Waals surface area contributed by atoms with E-state index in [4.69, 9.17) is 0 Å². The van der Waals surface area contributed by atoms with Gasteiger partial charge in [-0.05, 0) is 67.3 Å². The summed E-state index contributed by atoms with van der Waals surface area (Å²) in [5, 5.41) is 6.29. The zero-order chi connectivity index (χ0) is 21.2. The fraction of sp³-hybridized carbons (Fsp3) is 0.462. The number of benzene rings is 2. The highest BCUT2D eigenvalue weighted by Gasteiger charge is 2.37. The van der Waals surface area contributed by atoms with Gasteiger partial charge in [0.1, 0.15) is 0 Å². The maximum absolute atomic E-state index is 13.2. The third-order valence-corrected chi connectivity index (χ3v) is 6.81. The molecule has 0 spiro atoms. The zero-order valence-electron chi connectivity index (χ0n) is 18.0. The molecule has 2 N–H and O–H groups in total. The van der Waals surface area contributed by atoms with Crippen LogP contribution in [0.1, 0.15) is 42.4 Å². The summed E-state index contributed by atoms with van der Waals surface area (Å²) >= 11 is 0. The van der Waals surface area contributed by atoms with Crippen LogP contribution >= 0.6 is 0 Å². The molecule has 162 valence electrons. The molecule has 5 heteroatoms. The second-order valence-electron chi connectivity index (χ2n) is 9.42. The molecule has 0 radical (unpaired) electrons. The molecule has 3 aliphatic rings. The minimum atomic E-state index is -0.194. The zero-order valence-corrected chi connectivity index (χ0v) is 18.0. The van der Waals surface area contributed by atoms with E-state index in [0.717, 1.165) is 37.9 Å². The van der Waals surface area contributed by atoms with Gasteiger partial charge < -0.3 is 10.6 Å². The van der Waals surface area contributed by atoms with E-state index >= 15 is 0 Å². The fourth-order valence-corrected chi connectivity index (χ4v) is 4.98. The number of hydrogen-bond donors (Lipinski definition) is 2. The molecule has 1 saturated carbocycles. The highest BCUT2D eigenvalue weighted by Crippen LogP contribution is 2.29. The van der Waals surface area contributed by atoms with Gasteiger partial charge in [0.05, 0.1) is 11.8 Å². The highest BCUT2D eigenvalue weighted by atomic mass is 16.2. The van der Waals surface area contributed by atoms with Crippen LogP contribution in [0.25, 0.3) is 0 Å². The number of aryl methyl sites for hydroxylation is 2. The van der Waals surface area contributed by atoms with E-state index in [0.29, 0.717) is 25.6 Å². The first kappa shape index (κ1) is 20.3. The van der Waals surface area contributed by atoms with Crippen LogP contribution in [0.5, 0.6) is 0 Å². The molecule has 0 bridgehead atoms. The largest absolute Gasteiger partial charge is 0.353 e. The van der Waals surface area contributed by atoms with Crippen molar-refractivity contribution in [2.75, 3.05) is 18.4 Å². The highest BCUT2D eigenvalue weighted by molar-refractivity contribution is 5.93. The Labute approximate surface area is 184 Å². The van der Waals surface area contributed by atoms with Crippen LogP contribution in [0.3, 0.4) is 0 Å². The molecule has 2 aromatic carbocycles. The van der Waals surface area contributed by atoms with Gasteiger partial charge in [-0.3, -0.25) is 14.5 Å². The van der Waals surface area contributed by atoms with Crippen molar-refractivity contribution in [3.63, 3.8) is 0 Å². The van der Waals surface area contributed by atoms with Crippen LogP contribution in [0.4, 0.5) is 5.69 Å². The number of rotatable bonds is 6. The Kier molecular flexibility index (Phi) is 5.77. The molecule has 2 fully saturated rings. The standard InChI is InChI=1S/C26H31N3O2/c30-25(27-23-11-12-23)21-13-22(17-29(16-21)15-18-5-2-1-3-6-18)26(31)28-24-10-9-19-7-4-8-20(19)14-24/h1-3,5-6,9-10,14,21-23H,4,7-8,11-13,15-17H2,(H,27,30)(H,28,31)/t21-,22+/m0/s1. The summed E-state index contributed by atoms with van der Waals surface area (Å²) < 4.78 is 0. The first-order valence-corrected chi connectivity index (χ1v) is 11.6. The Hall–Kier alpha value is -2.66. The average molecular weight is 418 g/mol. The predicted molar refractivity (Wildman–Crippen MR) is 122 cm³/mol. The first-order chi connectivity index (χ1) is 15.1. The number of piperidine rings is 1. The molecular formula is C26H31N3O2. The molecule has 5 nitrogen and oxygen atoms in total. The lowest BCUT2D eigenvalue weighted by molar-refractivity contribution is -0.130. The van der Waals surface area contributed by atoms with E-state index in [1.807, 2.05) is 24.3 Å². The van der Waals surface area contributed by atoms with Gasteiger partial charge in [0, 0.05) is 31.4 Å². The van der Waals surface area contributed by atoms with E-state index < -0.39 is 0 Å². The van der Waals surface area contributed by atoms with Crippen LogP contribution in [-0.2, 0) is 29.0 Å². The summed E-state index contributed by atoms with van der Waals surface area (Å²) in [6, 6.07) is 16.9. The van der Waals surface area contributed by atoms with Crippen LogP contribution in [0, 0.1) is 11.8 Å². The Morgan fingerprint density at radius 1 is 0.903 bits per heavy atom. The lowest BCUT2D eigenvalue weighted by atomic mass is 9.87. The lowest BCUT2D eigenvalue weighted by Gasteiger charge is -2.36. The molecule has 0 aromatic heterocycles. The monoisotopic (exact) mass is 417 g/mol. The minimum absolute atomic E-state index is 0.0277. The maximum Gasteiger partial charge on any atom is 0.228 e. The van der Waals surface area contributed by atoms with E-state index in [9.17, 15) is 9.59 Å². The fourth-order valence-electron chi connectivity index (χ4n) is 4.98. The van der Waals surface area contributed by atoms with Gasteiger partial charge in [-0.1, -0.05) is 36.4 Å². The number of hydrogen-bond acceptors (Lipinski definition) is 3. The molecule has 2 aliphatic carbocycles. The van der Waals surface area contributed by atoms with E-state index in [-0.39, 0.29) is 23.7 Å². The van der Waals surface area contributed by atoms with Crippen molar-refractivity contribution in [2.24, 2.45) is 11.8 Å². The maximum atomic E-state index is 13.2. The number of amides is 2. The van der Waals surface area contributed by atoms with Gasteiger partial charge in [0.15, 0.2) is 0 Å². The quantitative estimate of drug-likeness (QED) is 0.756. The number of fused-ring (bicyclic) bond motifs is 1. The van der Waals surface area contributed by atoms with Crippen molar-refractivity contribution >= 4 is 17.5 Å². The van der Waals surface area contributed by atoms with Gasteiger partial charge >= 0.3 is 0 Å². The van der Waals surface area contributed by atoms with Gasteiger partial charge in [-0.25, -0.2) is 0 Å². The average Bonchev–Trinajstić information content (AvgIpc) is 3.47. The number of carbonyl (C=O) groups is 2. The third-order valence-electron chi connectivity index (χ3n) is 6.81. The van der Waals surface area contributed by atoms with Crippen molar-refractivity contribution < 1.29 is 9.59 Å². The lowest BCUT2D eigenvalue weighted by Crippen LogP contribution is -2.49. The molecule has 1 aliphatic heterocycles.